The molecule has 0 atom stereocenters. The third-order valence-corrected chi connectivity index (χ3v) is 4.11. The van der Waals surface area contributed by atoms with Crippen molar-refractivity contribution < 1.29 is 0 Å². The Hall–Kier alpha value is -0.740. The van der Waals surface area contributed by atoms with Crippen LogP contribution in [-0.2, 0) is 6.54 Å². The molecular weight excluding hydrogens is 248 g/mol. The third kappa shape index (κ3) is 2.93. The van der Waals surface area contributed by atoms with Gasteiger partial charge in [0.05, 0.1) is 11.0 Å². The number of H-pyrrole nitrogens is 1. The van der Waals surface area contributed by atoms with Gasteiger partial charge < -0.3 is 9.55 Å². The molecule has 17 heavy (non-hydrogen) atoms. The fourth-order valence-electron chi connectivity index (χ4n) is 1.95. The quantitative estimate of drug-likeness (QED) is 0.648. The van der Waals surface area contributed by atoms with Crippen molar-refractivity contribution >= 4 is 35.0 Å². The minimum absolute atomic E-state index is 0.840. The van der Waals surface area contributed by atoms with Crippen LogP contribution in [-0.4, -0.2) is 21.1 Å². The van der Waals surface area contributed by atoms with Gasteiger partial charge >= 0.3 is 0 Å². The molecule has 0 aliphatic heterocycles. The molecule has 1 N–H and O–H groups in total. The maximum atomic E-state index is 5.37. The molecule has 0 aliphatic carbocycles. The molecule has 0 bridgehead atoms. The van der Waals surface area contributed by atoms with Gasteiger partial charge in [-0.2, -0.15) is 11.8 Å². The number of fused-ring (bicyclic) bond motifs is 1. The molecule has 0 fully saturated rings. The molecule has 2 nitrogen and oxygen atoms in total. The summed E-state index contributed by atoms with van der Waals surface area (Å²) in [6, 6.07) is 6.43. The fourth-order valence-corrected chi connectivity index (χ4v) is 2.88. The maximum absolute atomic E-state index is 5.37. The van der Waals surface area contributed by atoms with Gasteiger partial charge in [-0.1, -0.05) is 13.0 Å². The Labute approximate surface area is 111 Å². The lowest BCUT2D eigenvalue weighted by atomic mass is 10.2. The van der Waals surface area contributed by atoms with Gasteiger partial charge in [0.25, 0.3) is 0 Å². The summed E-state index contributed by atoms with van der Waals surface area (Å²) in [5, 5.41) is 0. The van der Waals surface area contributed by atoms with E-state index in [1.807, 2.05) is 11.8 Å². The summed E-state index contributed by atoms with van der Waals surface area (Å²) >= 11 is 7.36. The number of nitrogens with zero attached hydrogens (tertiary/aromatic N) is 1. The van der Waals surface area contributed by atoms with Crippen LogP contribution in [0.2, 0.25) is 0 Å². The number of imidazole rings is 1. The minimum atomic E-state index is 0.840. The number of aromatic amines is 1. The zero-order chi connectivity index (χ0) is 12.3. The first-order valence-corrected chi connectivity index (χ1v) is 7.55. The first-order valence-electron chi connectivity index (χ1n) is 5.99. The lowest BCUT2D eigenvalue weighted by Gasteiger charge is -2.04. The SMILES string of the molecule is CCSCCCn1c(=S)[nH]c2ccc(C)cc21. The summed E-state index contributed by atoms with van der Waals surface area (Å²) in [5.74, 6) is 2.40. The Morgan fingerprint density at radius 2 is 2.24 bits per heavy atom. The van der Waals surface area contributed by atoms with Crippen LogP contribution < -0.4 is 0 Å². The van der Waals surface area contributed by atoms with Crippen LogP contribution in [0, 0.1) is 11.7 Å². The third-order valence-electron chi connectivity index (χ3n) is 2.81. The number of benzene rings is 1. The Kier molecular flexibility index (Phi) is 4.29. The van der Waals surface area contributed by atoms with Crippen molar-refractivity contribution in [3.8, 4) is 0 Å². The summed E-state index contributed by atoms with van der Waals surface area (Å²) in [6.07, 6.45) is 1.17. The number of hydrogen-bond acceptors (Lipinski definition) is 2. The van der Waals surface area contributed by atoms with E-state index in [0.717, 1.165) is 16.8 Å². The van der Waals surface area contributed by atoms with Gasteiger partial charge in [0, 0.05) is 6.54 Å². The largest absolute Gasteiger partial charge is 0.331 e. The van der Waals surface area contributed by atoms with E-state index in [9.17, 15) is 0 Å². The summed E-state index contributed by atoms with van der Waals surface area (Å²) in [4.78, 5) is 3.27. The predicted molar refractivity (Wildman–Crippen MR) is 79.5 cm³/mol. The molecule has 4 heteroatoms. The van der Waals surface area contributed by atoms with E-state index in [2.05, 4.69) is 41.6 Å². The predicted octanol–water partition coefficient (Wildman–Crippen LogP) is 4.15. The molecule has 2 rings (SSSR count). The number of nitrogens with one attached hydrogen (secondary N) is 1. The monoisotopic (exact) mass is 266 g/mol. The van der Waals surface area contributed by atoms with Crippen LogP contribution in [0.4, 0.5) is 0 Å². The van der Waals surface area contributed by atoms with Crippen LogP contribution in [0.5, 0.6) is 0 Å². The van der Waals surface area contributed by atoms with Gasteiger partial charge in [0.15, 0.2) is 4.77 Å². The Balaban J connectivity index is 2.23. The van der Waals surface area contributed by atoms with E-state index >= 15 is 0 Å². The van der Waals surface area contributed by atoms with E-state index in [1.165, 1.54) is 29.0 Å². The number of rotatable bonds is 5. The molecule has 0 spiro atoms. The Bertz CT molecular complexity index is 554. The standard InChI is InChI=1S/C13H18N2S2/c1-3-17-8-4-7-15-12-9-10(2)5-6-11(12)14-13(15)16/h5-6,9H,3-4,7-8H2,1-2H3,(H,14,16). The lowest BCUT2D eigenvalue weighted by Crippen LogP contribution is -1.99. The highest BCUT2D eigenvalue weighted by Gasteiger charge is 2.03. The smallest absolute Gasteiger partial charge is 0.178 e. The molecule has 0 saturated heterocycles. The minimum Gasteiger partial charge on any atom is -0.331 e. The molecule has 0 radical (unpaired) electrons. The van der Waals surface area contributed by atoms with Crippen molar-refractivity contribution in [2.75, 3.05) is 11.5 Å². The van der Waals surface area contributed by atoms with Crippen molar-refractivity contribution in [1.82, 2.24) is 9.55 Å². The highest BCUT2D eigenvalue weighted by Crippen LogP contribution is 2.16. The van der Waals surface area contributed by atoms with Crippen LogP contribution in [0.25, 0.3) is 11.0 Å². The number of aryl methyl sites for hydroxylation is 2. The number of aromatic nitrogens is 2. The normalized spacial score (nSPS) is 11.2. The molecule has 2 aromatic rings. The summed E-state index contributed by atoms with van der Waals surface area (Å²) in [7, 11) is 0. The molecule has 1 heterocycles. The van der Waals surface area contributed by atoms with Crippen molar-refractivity contribution in [2.24, 2.45) is 0 Å². The lowest BCUT2D eigenvalue weighted by molar-refractivity contribution is 0.694. The molecule has 0 unspecified atom stereocenters. The van der Waals surface area contributed by atoms with Gasteiger partial charge in [-0.15, -0.1) is 0 Å². The maximum Gasteiger partial charge on any atom is 0.178 e. The number of thioether (sulfide) groups is 1. The highest BCUT2D eigenvalue weighted by molar-refractivity contribution is 7.99. The van der Waals surface area contributed by atoms with Crippen molar-refractivity contribution in [3.63, 3.8) is 0 Å². The average molecular weight is 266 g/mol. The van der Waals surface area contributed by atoms with Crippen LogP contribution in [0.1, 0.15) is 18.9 Å². The molecule has 92 valence electrons. The highest BCUT2D eigenvalue weighted by atomic mass is 32.2. The second-order valence-electron chi connectivity index (χ2n) is 4.15. The van der Waals surface area contributed by atoms with E-state index in [0.29, 0.717) is 0 Å². The van der Waals surface area contributed by atoms with Crippen LogP contribution in [0.3, 0.4) is 0 Å². The van der Waals surface area contributed by atoms with Crippen molar-refractivity contribution in [3.05, 3.63) is 28.5 Å². The van der Waals surface area contributed by atoms with Crippen molar-refractivity contribution in [1.29, 1.82) is 0 Å². The fraction of sp³-hybridized carbons (Fsp3) is 0.462. The van der Waals surface area contributed by atoms with Gasteiger partial charge in [0.1, 0.15) is 0 Å². The average Bonchev–Trinajstić information content (AvgIpc) is 2.61. The summed E-state index contributed by atoms with van der Waals surface area (Å²) in [6.45, 7) is 5.33. The molecular formula is C13H18N2S2. The molecule has 0 amide bonds. The molecule has 0 aliphatic rings. The van der Waals surface area contributed by atoms with Gasteiger partial charge in [-0.3, -0.25) is 0 Å². The first kappa shape index (κ1) is 12.7. The Morgan fingerprint density at radius 1 is 1.41 bits per heavy atom. The molecule has 0 saturated carbocycles. The molecule has 1 aromatic carbocycles. The van der Waals surface area contributed by atoms with Crippen LogP contribution in [0.15, 0.2) is 18.2 Å². The zero-order valence-corrected chi connectivity index (χ0v) is 12.0. The summed E-state index contributed by atoms with van der Waals surface area (Å²) < 4.78 is 3.06. The number of hydrogen-bond donors (Lipinski definition) is 1. The van der Waals surface area contributed by atoms with E-state index in [-0.39, 0.29) is 0 Å². The van der Waals surface area contributed by atoms with Crippen molar-refractivity contribution in [2.45, 2.75) is 26.8 Å². The van der Waals surface area contributed by atoms with E-state index < -0.39 is 0 Å². The van der Waals surface area contributed by atoms with E-state index in [4.69, 9.17) is 12.2 Å². The topological polar surface area (TPSA) is 20.7 Å². The second-order valence-corrected chi connectivity index (χ2v) is 5.93. The van der Waals surface area contributed by atoms with Gasteiger partial charge in [-0.05, 0) is 54.8 Å². The molecule has 1 aromatic heterocycles. The van der Waals surface area contributed by atoms with Crippen LogP contribution >= 0.6 is 24.0 Å². The Morgan fingerprint density at radius 3 is 3.00 bits per heavy atom. The summed E-state index contributed by atoms with van der Waals surface area (Å²) in [5.41, 5.74) is 3.66. The zero-order valence-electron chi connectivity index (χ0n) is 10.3. The van der Waals surface area contributed by atoms with Gasteiger partial charge in [-0.25, -0.2) is 0 Å². The first-order chi connectivity index (χ1) is 8.22. The van der Waals surface area contributed by atoms with E-state index in [1.54, 1.807) is 0 Å². The second kappa shape index (κ2) is 5.74. The van der Waals surface area contributed by atoms with Gasteiger partial charge in [0.2, 0.25) is 0 Å².